The van der Waals surface area contributed by atoms with Crippen LogP contribution in [-0.2, 0) is 24.9 Å². The number of hydrogen-bond acceptors (Lipinski definition) is 6. The van der Waals surface area contributed by atoms with Crippen molar-refractivity contribution in [2.45, 2.75) is 20.0 Å². The number of fused-ring (bicyclic) bond motifs is 3. The van der Waals surface area contributed by atoms with Crippen molar-refractivity contribution in [3.63, 3.8) is 0 Å². The van der Waals surface area contributed by atoms with Crippen LogP contribution in [0.3, 0.4) is 0 Å². The second kappa shape index (κ2) is 7.81. The van der Waals surface area contributed by atoms with Gasteiger partial charge in [-0.2, -0.15) is 4.98 Å². The first-order valence-electron chi connectivity index (χ1n) is 10.5. The molecule has 0 atom stereocenters. The first-order valence-corrected chi connectivity index (χ1v) is 10.9. The molecule has 0 saturated carbocycles. The van der Waals surface area contributed by atoms with Gasteiger partial charge in [-0.15, -0.1) is 0 Å². The summed E-state index contributed by atoms with van der Waals surface area (Å²) in [4.78, 5) is 35.3. The molecule has 1 saturated heterocycles. The maximum Gasteiger partial charge on any atom is 0.332 e. The van der Waals surface area contributed by atoms with Crippen molar-refractivity contribution in [1.29, 1.82) is 0 Å². The third-order valence-electron chi connectivity index (χ3n) is 6.27. The van der Waals surface area contributed by atoms with Gasteiger partial charge in [0.25, 0.3) is 5.56 Å². The Bertz CT molecular complexity index is 1270. The molecular formula is C21H25ClN6O3. The lowest BCUT2D eigenvalue weighted by Gasteiger charge is -2.26. The SMILES string of the molecule is Cc1c(Cl)cccc1N1CCn2c1nc1c2c(=O)n(CCN2CCOCC2)c(=O)n1C. The minimum absolute atomic E-state index is 0.283. The van der Waals surface area contributed by atoms with Gasteiger partial charge in [0.1, 0.15) is 0 Å². The van der Waals surface area contributed by atoms with E-state index < -0.39 is 0 Å². The fourth-order valence-corrected chi connectivity index (χ4v) is 4.63. The molecule has 0 bridgehead atoms. The van der Waals surface area contributed by atoms with Gasteiger partial charge in [0.2, 0.25) is 5.95 Å². The van der Waals surface area contributed by atoms with Crippen LogP contribution in [0.1, 0.15) is 5.56 Å². The topological polar surface area (TPSA) is 77.5 Å². The van der Waals surface area contributed by atoms with E-state index in [1.54, 1.807) is 7.05 Å². The number of nitrogens with zero attached hydrogens (tertiary/aromatic N) is 6. The quantitative estimate of drug-likeness (QED) is 0.604. The number of imidazole rings is 1. The summed E-state index contributed by atoms with van der Waals surface area (Å²) in [5, 5.41) is 0.685. The summed E-state index contributed by atoms with van der Waals surface area (Å²) in [6.07, 6.45) is 0. The van der Waals surface area contributed by atoms with E-state index in [2.05, 4.69) is 9.80 Å². The highest BCUT2D eigenvalue weighted by molar-refractivity contribution is 6.31. The molecule has 164 valence electrons. The molecule has 0 amide bonds. The Morgan fingerprint density at radius 3 is 2.65 bits per heavy atom. The van der Waals surface area contributed by atoms with Crippen LogP contribution in [0.2, 0.25) is 5.02 Å². The maximum absolute atomic E-state index is 13.4. The molecule has 5 rings (SSSR count). The van der Waals surface area contributed by atoms with Crippen molar-refractivity contribution in [2.75, 3.05) is 44.3 Å². The Morgan fingerprint density at radius 1 is 1.10 bits per heavy atom. The van der Waals surface area contributed by atoms with Crippen LogP contribution in [0.5, 0.6) is 0 Å². The Morgan fingerprint density at radius 2 is 1.87 bits per heavy atom. The first-order chi connectivity index (χ1) is 15.0. The molecule has 0 radical (unpaired) electrons. The number of aryl methyl sites for hydroxylation is 1. The zero-order valence-electron chi connectivity index (χ0n) is 17.7. The third kappa shape index (κ3) is 3.28. The molecule has 0 spiro atoms. The van der Waals surface area contributed by atoms with E-state index in [4.69, 9.17) is 21.3 Å². The van der Waals surface area contributed by atoms with Gasteiger partial charge in [0.15, 0.2) is 11.2 Å². The average molecular weight is 445 g/mol. The molecular weight excluding hydrogens is 420 g/mol. The lowest BCUT2D eigenvalue weighted by Crippen LogP contribution is -2.44. The molecule has 1 fully saturated rings. The predicted molar refractivity (Wildman–Crippen MR) is 120 cm³/mol. The highest BCUT2D eigenvalue weighted by Crippen LogP contribution is 2.35. The highest BCUT2D eigenvalue weighted by Gasteiger charge is 2.29. The molecule has 0 N–H and O–H groups in total. The fraction of sp³-hybridized carbons (Fsp3) is 0.476. The molecule has 2 aliphatic heterocycles. The van der Waals surface area contributed by atoms with E-state index in [-0.39, 0.29) is 11.2 Å². The largest absolute Gasteiger partial charge is 0.379 e. The summed E-state index contributed by atoms with van der Waals surface area (Å²) in [6, 6.07) is 5.76. The predicted octanol–water partition coefficient (Wildman–Crippen LogP) is 1.34. The molecule has 10 heteroatoms. The Kier molecular flexibility index (Phi) is 5.11. The van der Waals surface area contributed by atoms with E-state index >= 15 is 0 Å². The molecule has 2 aromatic heterocycles. The molecule has 0 aliphatic carbocycles. The van der Waals surface area contributed by atoms with Crippen LogP contribution in [0.15, 0.2) is 27.8 Å². The van der Waals surface area contributed by atoms with Gasteiger partial charge in [-0.3, -0.25) is 18.8 Å². The molecule has 4 heterocycles. The Balaban J connectivity index is 1.57. The number of ether oxygens (including phenoxy) is 1. The van der Waals surface area contributed by atoms with Gasteiger partial charge in [-0.25, -0.2) is 4.79 Å². The standard InChI is InChI=1S/C21H25ClN6O3/c1-14-15(22)4-3-5-16(14)26-8-9-27-17-18(23-20(26)27)24(2)21(30)28(19(17)29)7-6-25-10-12-31-13-11-25/h3-5H,6-13H2,1-2H3. The van der Waals surface area contributed by atoms with Crippen LogP contribution in [0, 0.1) is 6.92 Å². The van der Waals surface area contributed by atoms with Gasteiger partial charge in [-0.05, 0) is 24.6 Å². The van der Waals surface area contributed by atoms with Crippen molar-refractivity contribution in [3.05, 3.63) is 49.6 Å². The number of halogens is 1. The van der Waals surface area contributed by atoms with Gasteiger partial charge < -0.3 is 14.2 Å². The molecule has 9 nitrogen and oxygen atoms in total. The van der Waals surface area contributed by atoms with Crippen LogP contribution in [0.25, 0.3) is 11.2 Å². The van der Waals surface area contributed by atoms with E-state index in [1.165, 1.54) is 9.13 Å². The van der Waals surface area contributed by atoms with Crippen molar-refractivity contribution in [3.8, 4) is 0 Å². The number of benzene rings is 1. The van der Waals surface area contributed by atoms with Gasteiger partial charge in [0.05, 0.1) is 13.2 Å². The summed E-state index contributed by atoms with van der Waals surface area (Å²) >= 11 is 6.32. The minimum atomic E-state index is -0.340. The fourth-order valence-electron chi connectivity index (χ4n) is 4.46. The number of hydrogen-bond donors (Lipinski definition) is 0. The van der Waals surface area contributed by atoms with E-state index in [0.717, 1.165) is 24.3 Å². The summed E-state index contributed by atoms with van der Waals surface area (Å²) in [7, 11) is 1.67. The maximum atomic E-state index is 13.4. The normalized spacial score (nSPS) is 16.9. The van der Waals surface area contributed by atoms with Crippen LogP contribution in [0.4, 0.5) is 11.6 Å². The van der Waals surface area contributed by atoms with E-state index in [9.17, 15) is 9.59 Å². The van der Waals surface area contributed by atoms with Gasteiger partial charge in [-0.1, -0.05) is 17.7 Å². The van der Waals surface area contributed by atoms with Crippen molar-refractivity contribution >= 4 is 34.4 Å². The number of anilines is 2. The number of morpholine rings is 1. The monoisotopic (exact) mass is 444 g/mol. The minimum Gasteiger partial charge on any atom is -0.379 e. The highest BCUT2D eigenvalue weighted by atomic mass is 35.5. The summed E-state index contributed by atoms with van der Waals surface area (Å²) in [5.41, 5.74) is 2.18. The molecule has 31 heavy (non-hydrogen) atoms. The van der Waals surface area contributed by atoms with Crippen LogP contribution in [-0.4, -0.2) is 63.0 Å². The zero-order valence-corrected chi connectivity index (χ0v) is 18.4. The lowest BCUT2D eigenvalue weighted by atomic mass is 10.2. The van der Waals surface area contributed by atoms with Crippen LogP contribution >= 0.6 is 11.6 Å². The van der Waals surface area contributed by atoms with Crippen LogP contribution < -0.4 is 16.1 Å². The first kappa shape index (κ1) is 20.3. The third-order valence-corrected chi connectivity index (χ3v) is 6.68. The van der Waals surface area contributed by atoms with Crippen molar-refractivity contribution < 1.29 is 4.74 Å². The summed E-state index contributed by atoms with van der Waals surface area (Å²) in [6.45, 7) is 7.25. The molecule has 3 aromatic rings. The average Bonchev–Trinajstić information content (AvgIpc) is 3.34. The van der Waals surface area contributed by atoms with Crippen molar-refractivity contribution in [2.24, 2.45) is 7.05 Å². The molecule has 0 unspecified atom stereocenters. The Labute approximate surface area is 184 Å². The van der Waals surface area contributed by atoms with Crippen molar-refractivity contribution in [1.82, 2.24) is 23.6 Å². The van der Waals surface area contributed by atoms with Gasteiger partial charge >= 0.3 is 5.69 Å². The second-order valence-electron chi connectivity index (χ2n) is 8.02. The lowest BCUT2D eigenvalue weighted by molar-refractivity contribution is 0.0361. The number of rotatable bonds is 4. The summed E-state index contributed by atoms with van der Waals surface area (Å²) in [5.74, 6) is 0.665. The molecule has 2 aliphatic rings. The van der Waals surface area contributed by atoms with E-state index in [0.29, 0.717) is 61.5 Å². The Hall–Kier alpha value is -2.62. The smallest absolute Gasteiger partial charge is 0.332 e. The van der Waals surface area contributed by atoms with E-state index in [1.807, 2.05) is 29.7 Å². The number of aromatic nitrogens is 4. The molecule has 1 aromatic carbocycles. The zero-order chi connectivity index (χ0) is 21.7. The summed E-state index contributed by atoms with van der Waals surface area (Å²) < 4.78 is 10.1. The second-order valence-corrected chi connectivity index (χ2v) is 8.43. The van der Waals surface area contributed by atoms with Gasteiger partial charge in [0, 0.05) is 57.0 Å².